The first-order valence-corrected chi connectivity index (χ1v) is 9.11. The molecule has 0 saturated heterocycles. The van der Waals surface area contributed by atoms with E-state index in [9.17, 15) is 4.79 Å². The van der Waals surface area contributed by atoms with Crippen molar-refractivity contribution in [2.24, 2.45) is 0 Å². The van der Waals surface area contributed by atoms with Crippen LogP contribution in [-0.2, 0) is 4.79 Å². The Hall–Kier alpha value is -2.01. The van der Waals surface area contributed by atoms with E-state index in [-0.39, 0.29) is 11.9 Å². The predicted octanol–water partition coefficient (Wildman–Crippen LogP) is 4.80. The van der Waals surface area contributed by atoms with Crippen LogP contribution in [0, 0.1) is 6.92 Å². The Labute approximate surface area is 157 Å². The molecule has 0 spiro atoms. The highest BCUT2D eigenvalue weighted by Crippen LogP contribution is 2.24. The highest BCUT2D eigenvalue weighted by atomic mass is 79.9. The van der Waals surface area contributed by atoms with Crippen molar-refractivity contribution in [3.63, 3.8) is 0 Å². The van der Waals surface area contributed by atoms with E-state index in [0.717, 1.165) is 27.8 Å². The number of rotatable bonds is 7. The minimum absolute atomic E-state index is 0.0620. The third-order valence-corrected chi connectivity index (χ3v) is 4.57. The van der Waals surface area contributed by atoms with Crippen molar-refractivity contribution in [2.75, 3.05) is 7.11 Å². The van der Waals surface area contributed by atoms with Crippen LogP contribution in [0.15, 0.2) is 46.9 Å². The first kappa shape index (κ1) is 19.3. The zero-order valence-corrected chi connectivity index (χ0v) is 16.6. The number of carbonyl (C=O) groups is 1. The Balaban J connectivity index is 2.03. The standard InChI is InChI=1S/C20H24BrNO3/c1-5-18(15-6-11-19(24-4)13(2)12-15)22-20(23)14(3)25-17-9-7-16(21)8-10-17/h6-12,14,18H,5H2,1-4H3,(H,22,23)/t14-,18+/m0/s1. The monoisotopic (exact) mass is 405 g/mol. The molecule has 0 heterocycles. The van der Waals surface area contributed by atoms with Crippen LogP contribution in [0.3, 0.4) is 0 Å². The summed E-state index contributed by atoms with van der Waals surface area (Å²) in [5, 5.41) is 3.07. The lowest BCUT2D eigenvalue weighted by molar-refractivity contribution is -0.128. The third kappa shape index (κ3) is 5.23. The van der Waals surface area contributed by atoms with Gasteiger partial charge in [0.2, 0.25) is 0 Å². The molecule has 0 saturated carbocycles. The molecule has 0 aliphatic carbocycles. The number of hydrogen-bond donors (Lipinski definition) is 1. The molecule has 0 unspecified atom stereocenters. The van der Waals surface area contributed by atoms with Gasteiger partial charge in [-0.3, -0.25) is 4.79 Å². The normalized spacial score (nSPS) is 13.0. The summed E-state index contributed by atoms with van der Waals surface area (Å²) in [4.78, 5) is 12.5. The van der Waals surface area contributed by atoms with Crippen molar-refractivity contribution in [3.8, 4) is 11.5 Å². The van der Waals surface area contributed by atoms with E-state index in [1.807, 2.05) is 56.3 Å². The van der Waals surface area contributed by atoms with Crippen molar-refractivity contribution in [2.45, 2.75) is 39.3 Å². The smallest absolute Gasteiger partial charge is 0.261 e. The van der Waals surface area contributed by atoms with Gasteiger partial charge >= 0.3 is 0 Å². The minimum atomic E-state index is -0.574. The zero-order chi connectivity index (χ0) is 18.4. The summed E-state index contributed by atoms with van der Waals surface area (Å²) in [6.45, 7) is 5.80. The largest absolute Gasteiger partial charge is 0.496 e. The summed E-state index contributed by atoms with van der Waals surface area (Å²) in [6.07, 6.45) is 0.220. The van der Waals surface area contributed by atoms with Crippen molar-refractivity contribution < 1.29 is 14.3 Å². The average Bonchev–Trinajstić information content (AvgIpc) is 2.61. The summed E-state index contributed by atoms with van der Waals surface area (Å²) in [5.41, 5.74) is 2.11. The molecule has 2 aromatic rings. The number of benzene rings is 2. The molecular formula is C20H24BrNO3. The first-order valence-electron chi connectivity index (χ1n) is 8.31. The molecule has 1 N–H and O–H groups in total. The summed E-state index contributed by atoms with van der Waals surface area (Å²) in [6, 6.07) is 13.3. The van der Waals surface area contributed by atoms with Crippen molar-refractivity contribution >= 4 is 21.8 Å². The van der Waals surface area contributed by atoms with Gasteiger partial charge in [-0.2, -0.15) is 0 Å². The molecule has 5 heteroatoms. The highest BCUT2D eigenvalue weighted by molar-refractivity contribution is 9.10. The van der Waals surface area contributed by atoms with Gasteiger partial charge in [0.1, 0.15) is 11.5 Å². The first-order chi connectivity index (χ1) is 11.9. The van der Waals surface area contributed by atoms with Gasteiger partial charge in [-0.1, -0.05) is 35.0 Å². The fourth-order valence-corrected chi connectivity index (χ4v) is 2.86. The van der Waals surface area contributed by atoms with Crippen LogP contribution in [0.1, 0.15) is 37.4 Å². The molecule has 0 radical (unpaired) electrons. The molecular weight excluding hydrogens is 382 g/mol. The Morgan fingerprint density at radius 3 is 2.44 bits per heavy atom. The van der Waals surface area contributed by atoms with E-state index in [1.54, 1.807) is 14.0 Å². The van der Waals surface area contributed by atoms with Crippen molar-refractivity contribution in [3.05, 3.63) is 58.1 Å². The Morgan fingerprint density at radius 1 is 1.20 bits per heavy atom. The van der Waals surface area contributed by atoms with Crippen LogP contribution in [0.25, 0.3) is 0 Å². The quantitative estimate of drug-likeness (QED) is 0.719. The van der Waals surface area contributed by atoms with E-state index in [2.05, 4.69) is 21.2 Å². The average molecular weight is 406 g/mol. The van der Waals surface area contributed by atoms with Crippen molar-refractivity contribution in [1.82, 2.24) is 5.32 Å². The van der Waals surface area contributed by atoms with Gasteiger partial charge in [0, 0.05) is 4.47 Å². The number of aryl methyl sites for hydroxylation is 1. The van der Waals surface area contributed by atoms with Gasteiger partial charge in [0.25, 0.3) is 5.91 Å². The van der Waals surface area contributed by atoms with E-state index in [1.165, 1.54) is 0 Å². The second kappa shape index (κ2) is 8.90. The molecule has 0 bridgehead atoms. The number of carbonyl (C=O) groups excluding carboxylic acids is 1. The van der Waals surface area contributed by atoms with E-state index >= 15 is 0 Å². The fourth-order valence-electron chi connectivity index (χ4n) is 2.60. The maximum atomic E-state index is 12.5. The second-order valence-electron chi connectivity index (χ2n) is 5.91. The maximum Gasteiger partial charge on any atom is 0.261 e. The number of methoxy groups -OCH3 is 1. The number of hydrogen-bond acceptors (Lipinski definition) is 3. The molecule has 0 aliphatic rings. The summed E-state index contributed by atoms with van der Waals surface area (Å²) in [7, 11) is 1.65. The Morgan fingerprint density at radius 2 is 1.88 bits per heavy atom. The summed E-state index contributed by atoms with van der Waals surface area (Å²) in [5.74, 6) is 1.37. The highest BCUT2D eigenvalue weighted by Gasteiger charge is 2.20. The van der Waals surface area contributed by atoms with Gasteiger partial charge in [-0.05, 0) is 61.7 Å². The molecule has 25 heavy (non-hydrogen) atoms. The molecule has 0 fully saturated rings. The SMILES string of the molecule is CC[C@@H](NC(=O)[C@H](C)Oc1ccc(Br)cc1)c1ccc(OC)c(C)c1. The number of nitrogens with one attached hydrogen (secondary N) is 1. The summed E-state index contributed by atoms with van der Waals surface area (Å²) >= 11 is 3.38. The lowest BCUT2D eigenvalue weighted by Gasteiger charge is -2.22. The Kier molecular flexibility index (Phi) is 6.88. The van der Waals surface area contributed by atoms with Gasteiger partial charge < -0.3 is 14.8 Å². The zero-order valence-electron chi connectivity index (χ0n) is 15.0. The molecule has 2 atom stereocenters. The van der Waals surface area contributed by atoms with Crippen molar-refractivity contribution in [1.29, 1.82) is 0 Å². The third-order valence-electron chi connectivity index (χ3n) is 4.04. The van der Waals surface area contributed by atoms with Crippen LogP contribution in [0.5, 0.6) is 11.5 Å². The lowest BCUT2D eigenvalue weighted by Crippen LogP contribution is -2.38. The van der Waals surface area contributed by atoms with Crippen LogP contribution < -0.4 is 14.8 Å². The maximum absolute atomic E-state index is 12.5. The van der Waals surface area contributed by atoms with Crippen LogP contribution in [0.4, 0.5) is 0 Å². The lowest BCUT2D eigenvalue weighted by atomic mass is 10.0. The molecule has 4 nitrogen and oxygen atoms in total. The van der Waals surface area contributed by atoms with E-state index < -0.39 is 6.10 Å². The van der Waals surface area contributed by atoms with E-state index in [4.69, 9.17) is 9.47 Å². The second-order valence-corrected chi connectivity index (χ2v) is 6.83. The summed E-state index contributed by atoms with van der Waals surface area (Å²) < 4.78 is 12.0. The van der Waals surface area contributed by atoms with Crippen LogP contribution >= 0.6 is 15.9 Å². The number of amides is 1. The van der Waals surface area contributed by atoms with Crippen LogP contribution in [0.2, 0.25) is 0 Å². The van der Waals surface area contributed by atoms with Gasteiger partial charge in [0.15, 0.2) is 6.10 Å². The van der Waals surface area contributed by atoms with Gasteiger partial charge in [-0.25, -0.2) is 0 Å². The molecule has 0 aromatic heterocycles. The minimum Gasteiger partial charge on any atom is -0.496 e. The predicted molar refractivity (Wildman–Crippen MR) is 103 cm³/mol. The van der Waals surface area contributed by atoms with Gasteiger partial charge in [-0.15, -0.1) is 0 Å². The topological polar surface area (TPSA) is 47.6 Å². The fraction of sp³-hybridized carbons (Fsp3) is 0.350. The number of halogens is 1. The molecule has 2 rings (SSSR count). The number of ether oxygens (including phenoxy) is 2. The Bertz CT molecular complexity index is 715. The molecule has 134 valence electrons. The van der Waals surface area contributed by atoms with Gasteiger partial charge in [0.05, 0.1) is 13.2 Å². The molecule has 2 aromatic carbocycles. The molecule has 0 aliphatic heterocycles. The van der Waals surface area contributed by atoms with E-state index in [0.29, 0.717) is 5.75 Å². The van der Waals surface area contributed by atoms with Crippen LogP contribution in [-0.4, -0.2) is 19.1 Å². The molecule has 1 amide bonds.